The smallest absolute Gasteiger partial charge is 0.260 e. The SMILES string of the molecule is CC(C)n1cnc2cc(-c3ccc4c(c3)N(C3CC(N5CCCCC5)C3)C(=O)C43CCN(C(=O)C4(F)CCN(C(=O)C5CCN(c6ccc([C@H]7CCC(=O)NC7=O)cn6)CC5)CC4)CC3)nc(NC3CC3)c21. The van der Waals surface area contributed by atoms with Crippen LogP contribution >= 0.6 is 0 Å². The van der Waals surface area contributed by atoms with Crippen LogP contribution in [0.15, 0.2) is 48.9 Å². The molecule has 8 aliphatic rings. The van der Waals surface area contributed by atoms with Gasteiger partial charge in [-0.05, 0) is 127 Å². The predicted molar refractivity (Wildman–Crippen MR) is 271 cm³/mol. The highest BCUT2D eigenvalue weighted by molar-refractivity contribution is 6.09. The molecule has 6 aliphatic heterocycles. The Balaban J connectivity index is 0.705. The maximum Gasteiger partial charge on any atom is 0.260 e. The Morgan fingerprint density at radius 1 is 0.806 bits per heavy atom. The fraction of sp³-hybridized carbons (Fsp3) is 0.600. The van der Waals surface area contributed by atoms with Gasteiger partial charge in [0.15, 0.2) is 11.5 Å². The highest BCUT2D eigenvalue weighted by Gasteiger charge is 2.57. The number of piperidine rings is 5. The molecule has 3 aromatic heterocycles. The summed E-state index contributed by atoms with van der Waals surface area (Å²) in [5.74, 6) is 0.0868. The number of imidazole rings is 1. The predicted octanol–water partition coefficient (Wildman–Crippen LogP) is 6.64. The number of likely N-dealkylation sites (tertiary alicyclic amines) is 3. The fourth-order valence-corrected chi connectivity index (χ4v) is 13.2. The van der Waals surface area contributed by atoms with Crippen LogP contribution in [-0.4, -0.2) is 140 Å². The average molecular weight is 982 g/mol. The van der Waals surface area contributed by atoms with Gasteiger partial charge >= 0.3 is 0 Å². The van der Waals surface area contributed by atoms with Crippen molar-refractivity contribution in [1.82, 2.24) is 39.5 Å². The molecule has 0 bridgehead atoms. The van der Waals surface area contributed by atoms with E-state index in [1.807, 2.05) is 18.5 Å². The number of aromatic nitrogens is 4. The Morgan fingerprint density at radius 2 is 1.54 bits per heavy atom. The van der Waals surface area contributed by atoms with Gasteiger partial charge < -0.3 is 34.4 Å². The first kappa shape index (κ1) is 47.1. The van der Waals surface area contributed by atoms with Crippen LogP contribution in [0.4, 0.5) is 21.7 Å². The molecule has 2 aliphatic carbocycles. The molecule has 5 amide bonds. The number of nitrogens with zero attached hydrogens (tertiary/aromatic N) is 9. The highest BCUT2D eigenvalue weighted by Crippen LogP contribution is 2.53. The molecule has 1 aromatic carbocycles. The third-order valence-electron chi connectivity index (χ3n) is 17.8. The Morgan fingerprint density at radius 3 is 2.22 bits per heavy atom. The third kappa shape index (κ3) is 8.40. The molecule has 1 atom stereocenters. The molecular weight excluding hydrogens is 914 g/mol. The number of hydrogen-bond acceptors (Lipinski definition) is 11. The minimum Gasteiger partial charge on any atom is -0.366 e. The van der Waals surface area contributed by atoms with Crippen LogP contribution in [0.3, 0.4) is 0 Å². The Labute approximate surface area is 420 Å². The van der Waals surface area contributed by atoms with Crippen LogP contribution < -0.4 is 20.4 Å². The number of benzene rings is 1. The monoisotopic (exact) mass is 982 g/mol. The Bertz CT molecular complexity index is 2770. The number of imide groups is 1. The summed E-state index contributed by atoms with van der Waals surface area (Å²) in [6.45, 7) is 8.77. The van der Waals surface area contributed by atoms with E-state index in [1.165, 1.54) is 19.3 Å². The van der Waals surface area contributed by atoms with Crippen molar-refractivity contribution < 1.29 is 28.4 Å². The fourth-order valence-electron chi connectivity index (χ4n) is 13.2. The van der Waals surface area contributed by atoms with Crippen molar-refractivity contribution in [3.05, 3.63) is 60.0 Å². The number of alkyl halides is 1. The minimum atomic E-state index is -2.07. The van der Waals surface area contributed by atoms with E-state index in [0.717, 1.165) is 89.5 Å². The molecule has 72 heavy (non-hydrogen) atoms. The van der Waals surface area contributed by atoms with Gasteiger partial charge in [-0.1, -0.05) is 24.6 Å². The summed E-state index contributed by atoms with van der Waals surface area (Å²) >= 11 is 0. The van der Waals surface area contributed by atoms with Gasteiger partial charge in [-0.15, -0.1) is 0 Å². The largest absolute Gasteiger partial charge is 0.366 e. The molecule has 17 heteroatoms. The Hall–Kier alpha value is -5.97. The number of nitrogens with one attached hydrogen (secondary N) is 2. The van der Waals surface area contributed by atoms with Gasteiger partial charge in [0.2, 0.25) is 23.6 Å². The van der Waals surface area contributed by atoms with Gasteiger partial charge in [0.25, 0.3) is 5.91 Å². The van der Waals surface area contributed by atoms with Crippen LogP contribution in [0.1, 0.15) is 133 Å². The molecule has 12 rings (SSSR count). The number of hydrogen-bond donors (Lipinski definition) is 2. The molecule has 380 valence electrons. The van der Waals surface area contributed by atoms with Crippen LogP contribution in [0.5, 0.6) is 0 Å². The van der Waals surface area contributed by atoms with E-state index < -0.39 is 22.9 Å². The molecule has 16 nitrogen and oxygen atoms in total. The van der Waals surface area contributed by atoms with Gasteiger partial charge in [0.1, 0.15) is 11.3 Å². The first-order valence-electron chi connectivity index (χ1n) is 27.0. The summed E-state index contributed by atoms with van der Waals surface area (Å²) in [4.78, 5) is 92.2. The number of pyridine rings is 2. The van der Waals surface area contributed by atoms with E-state index in [4.69, 9.17) is 9.97 Å². The van der Waals surface area contributed by atoms with Gasteiger partial charge in [-0.25, -0.2) is 19.3 Å². The molecule has 2 N–H and O–H groups in total. The summed E-state index contributed by atoms with van der Waals surface area (Å²) < 4.78 is 19.1. The van der Waals surface area contributed by atoms with Crippen molar-refractivity contribution in [2.75, 3.05) is 67.5 Å². The number of carbonyl (C=O) groups excluding carboxylic acids is 5. The van der Waals surface area contributed by atoms with E-state index >= 15 is 9.18 Å². The maximum absolute atomic E-state index is 16.9. The summed E-state index contributed by atoms with van der Waals surface area (Å²) in [7, 11) is 0. The molecule has 4 aromatic rings. The zero-order valence-corrected chi connectivity index (χ0v) is 41.8. The van der Waals surface area contributed by atoms with E-state index in [2.05, 4.69) is 73.0 Å². The normalized spacial score (nSPS) is 25.8. The standard InChI is InChI=1S/C55H68FN11O5/c1-34(2)66-33-58-44-31-43(60-49(48(44)66)59-38-8-9-38)36-6-11-42-45(28-36)67(40-29-39(30-40)62-20-4-3-5-21-62)52(71)54(42)16-24-65(25-17-54)53(72)55(56)18-26-64(27-19-55)51(70)35-14-22-63(23-15-35)46-12-7-37(32-57-46)41-10-13-47(68)61-50(41)69/h6-7,11-12,28,31-35,38-41H,3-5,8-10,13-27,29-30H2,1-2H3,(H,59,60)(H,61,68,69)/t39?,40?,41-/m1/s1. The molecule has 5 saturated heterocycles. The summed E-state index contributed by atoms with van der Waals surface area (Å²) in [5, 5.41) is 6.09. The number of amides is 5. The first-order chi connectivity index (χ1) is 34.9. The van der Waals surface area contributed by atoms with E-state index in [-0.39, 0.29) is 80.7 Å². The molecule has 2 saturated carbocycles. The van der Waals surface area contributed by atoms with Crippen LogP contribution in [0.25, 0.3) is 22.3 Å². The van der Waals surface area contributed by atoms with Gasteiger partial charge in [-0.2, -0.15) is 0 Å². The summed E-state index contributed by atoms with van der Waals surface area (Å²) in [6.07, 6.45) is 14.2. The van der Waals surface area contributed by atoms with Crippen molar-refractivity contribution in [1.29, 1.82) is 0 Å². The Kier molecular flexibility index (Phi) is 12.1. The number of anilines is 3. The molecule has 1 spiro atoms. The topological polar surface area (TPSA) is 169 Å². The highest BCUT2D eigenvalue weighted by atomic mass is 19.1. The van der Waals surface area contributed by atoms with Crippen molar-refractivity contribution in [2.45, 2.75) is 151 Å². The van der Waals surface area contributed by atoms with Crippen LogP contribution in [-0.2, 0) is 29.4 Å². The lowest BCUT2D eigenvalue weighted by molar-refractivity contribution is -0.153. The van der Waals surface area contributed by atoms with Crippen molar-refractivity contribution in [2.24, 2.45) is 5.92 Å². The second-order valence-electron chi connectivity index (χ2n) is 22.6. The van der Waals surface area contributed by atoms with E-state index in [1.54, 1.807) is 16.0 Å². The third-order valence-corrected chi connectivity index (χ3v) is 17.8. The van der Waals surface area contributed by atoms with Gasteiger partial charge in [0.05, 0.1) is 28.9 Å². The van der Waals surface area contributed by atoms with E-state index in [9.17, 15) is 19.2 Å². The first-order valence-corrected chi connectivity index (χ1v) is 27.0. The lowest BCUT2D eigenvalue weighted by Crippen LogP contribution is -2.59. The number of carbonyl (C=O) groups is 5. The lowest BCUT2D eigenvalue weighted by atomic mass is 9.73. The number of rotatable bonds is 10. The lowest BCUT2D eigenvalue weighted by Gasteiger charge is -2.48. The molecule has 9 heterocycles. The number of halogens is 1. The zero-order chi connectivity index (χ0) is 49.5. The minimum absolute atomic E-state index is 0.0126. The number of fused-ring (bicyclic) bond motifs is 3. The quantitative estimate of drug-likeness (QED) is 0.164. The van der Waals surface area contributed by atoms with Crippen molar-refractivity contribution in [3.8, 4) is 11.3 Å². The summed E-state index contributed by atoms with van der Waals surface area (Å²) in [5.41, 5.74) is 3.47. The van der Waals surface area contributed by atoms with Crippen LogP contribution in [0, 0.1) is 5.92 Å². The molecular formula is C55H68FN11O5. The maximum atomic E-state index is 16.9. The van der Waals surface area contributed by atoms with Crippen LogP contribution in [0.2, 0.25) is 0 Å². The second kappa shape index (κ2) is 18.5. The van der Waals surface area contributed by atoms with Gasteiger partial charge in [-0.3, -0.25) is 29.3 Å². The average Bonchev–Trinajstić information content (AvgIpc) is 4.05. The van der Waals surface area contributed by atoms with Gasteiger partial charge in [0, 0.05) is 106 Å². The zero-order valence-electron chi connectivity index (χ0n) is 41.8. The van der Waals surface area contributed by atoms with E-state index in [0.29, 0.717) is 63.7 Å². The van der Waals surface area contributed by atoms with Crippen molar-refractivity contribution in [3.63, 3.8) is 0 Å². The molecule has 0 radical (unpaired) electrons. The van der Waals surface area contributed by atoms with Crippen molar-refractivity contribution >= 4 is 57.9 Å². The molecule has 0 unspecified atom stereocenters. The molecule has 7 fully saturated rings. The second-order valence-corrected chi connectivity index (χ2v) is 22.6. The summed E-state index contributed by atoms with van der Waals surface area (Å²) in [6, 6.07) is 13.4.